The number of hydrogen-bond acceptors (Lipinski definition) is 4. The Hall–Kier alpha value is -2.15. The molecule has 0 unspecified atom stereocenters. The van der Waals surface area contributed by atoms with Gasteiger partial charge in [-0.25, -0.2) is 9.59 Å². The molecule has 0 heterocycles. The Kier molecular flexibility index (Phi) is 8.04. The van der Waals surface area contributed by atoms with E-state index >= 15 is 0 Å². The number of imide groups is 1. The van der Waals surface area contributed by atoms with Crippen LogP contribution in [0.2, 0.25) is 0 Å². The molecule has 0 fully saturated rings. The van der Waals surface area contributed by atoms with E-state index in [1.807, 2.05) is 38.1 Å². The van der Waals surface area contributed by atoms with Gasteiger partial charge in [0.25, 0.3) is 5.91 Å². The number of rotatable bonds is 6. The first-order chi connectivity index (χ1) is 10.9. The summed E-state index contributed by atoms with van der Waals surface area (Å²) < 4.78 is 5.65. The lowest BCUT2D eigenvalue weighted by Crippen LogP contribution is -2.44. The number of halogens is 1. The van der Waals surface area contributed by atoms with Crippen LogP contribution in [-0.4, -0.2) is 30.6 Å². The average molecular weight is 383 g/mol. The maximum absolute atomic E-state index is 11.5. The Morgan fingerprint density at radius 3 is 2.74 bits per heavy atom. The summed E-state index contributed by atoms with van der Waals surface area (Å²) in [5.41, 5.74) is 0.814. The Morgan fingerprint density at radius 1 is 1.35 bits per heavy atom. The van der Waals surface area contributed by atoms with Gasteiger partial charge in [0.05, 0.1) is 0 Å². The predicted molar refractivity (Wildman–Crippen MR) is 90.6 cm³/mol. The molecular weight excluding hydrogens is 364 g/mol. The highest BCUT2D eigenvalue weighted by Crippen LogP contribution is 2.12. The SMILES string of the molecule is CC[C@@H](C)NC(=O)NC(=O)COC(=O)/C=C/c1cccc(Br)c1. The molecule has 0 aliphatic carbocycles. The summed E-state index contributed by atoms with van der Waals surface area (Å²) in [6.07, 6.45) is 3.53. The van der Waals surface area contributed by atoms with Crippen molar-refractivity contribution in [2.45, 2.75) is 26.3 Å². The Balaban J connectivity index is 2.35. The van der Waals surface area contributed by atoms with Crippen molar-refractivity contribution < 1.29 is 19.1 Å². The zero-order chi connectivity index (χ0) is 17.2. The van der Waals surface area contributed by atoms with Crippen molar-refractivity contribution in [3.63, 3.8) is 0 Å². The summed E-state index contributed by atoms with van der Waals surface area (Å²) in [6.45, 7) is 3.21. The van der Waals surface area contributed by atoms with Crippen molar-refractivity contribution >= 4 is 39.9 Å². The number of carbonyl (C=O) groups excluding carboxylic acids is 3. The summed E-state index contributed by atoms with van der Waals surface area (Å²) in [4.78, 5) is 34.4. The molecule has 1 aromatic rings. The van der Waals surface area contributed by atoms with Crippen molar-refractivity contribution in [2.75, 3.05) is 6.61 Å². The highest BCUT2D eigenvalue weighted by molar-refractivity contribution is 9.10. The van der Waals surface area contributed by atoms with E-state index in [9.17, 15) is 14.4 Å². The molecule has 1 atom stereocenters. The smallest absolute Gasteiger partial charge is 0.331 e. The van der Waals surface area contributed by atoms with Crippen LogP contribution in [0.3, 0.4) is 0 Å². The normalized spacial score (nSPS) is 11.8. The largest absolute Gasteiger partial charge is 0.452 e. The molecule has 0 radical (unpaired) electrons. The second kappa shape index (κ2) is 9.78. The molecule has 0 spiro atoms. The van der Waals surface area contributed by atoms with Gasteiger partial charge in [0, 0.05) is 16.6 Å². The molecular formula is C16H19BrN2O4. The van der Waals surface area contributed by atoms with E-state index in [-0.39, 0.29) is 6.04 Å². The van der Waals surface area contributed by atoms with Gasteiger partial charge in [-0.15, -0.1) is 0 Å². The number of amides is 3. The van der Waals surface area contributed by atoms with Crippen molar-refractivity contribution in [2.24, 2.45) is 0 Å². The molecule has 0 aliphatic rings. The van der Waals surface area contributed by atoms with Gasteiger partial charge in [0.1, 0.15) is 0 Å². The van der Waals surface area contributed by atoms with E-state index in [4.69, 9.17) is 4.74 Å². The maximum Gasteiger partial charge on any atom is 0.331 e. The lowest BCUT2D eigenvalue weighted by molar-refractivity contribution is -0.143. The minimum absolute atomic E-state index is 0.0431. The summed E-state index contributed by atoms with van der Waals surface area (Å²) in [5, 5.41) is 4.66. The molecule has 23 heavy (non-hydrogen) atoms. The number of esters is 1. The molecule has 0 bridgehead atoms. The van der Waals surface area contributed by atoms with Gasteiger partial charge in [-0.1, -0.05) is 35.0 Å². The number of nitrogens with one attached hydrogen (secondary N) is 2. The van der Waals surface area contributed by atoms with Crippen LogP contribution in [0.4, 0.5) is 4.79 Å². The first-order valence-corrected chi connectivity index (χ1v) is 7.90. The molecule has 0 saturated heterocycles. The van der Waals surface area contributed by atoms with E-state index in [1.54, 1.807) is 6.08 Å². The zero-order valence-electron chi connectivity index (χ0n) is 13.0. The van der Waals surface area contributed by atoms with E-state index in [0.717, 1.165) is 16.5 Å². The van der Waals surface area contributed by atoms with Crippen LogP contribution >= 0.6 is 15.9 Å². The average Bonchev–Trinajstić information content (AvgIpc) is 2.50. The van der Waals surface area contributed by atoms with Gasteiger partial charge in [0.15, 0.2) is 6.61 Å². The van der Waals surface area contributed by atoms with E-state index in [1.165, 1.54) is 6.08 Å². The topological polar surface area (TPSA) is 84.5 Å². The molecule has 0 aliphatic heterocycles. The molecule has 1 rings (SSSR count). The maximum atomic E-state index is 11.5. The molecule has 124 valence electrons. The standard InChI is InChI=1S/C16H19BrN2O4/c1-3-11(2)18-16(22)19-14(20)10-23-15(21)8-7-12-5-4-6-13(17)9-12/h4-9,11H,3,10H2,1-2H3,(H2,18,19,20,22)/b8-7+/t11-/m1/s1. The van der Waals surface area contributed by atoms with Crippen LogP contribution in [0.25, 0.3) is 6.08 Å². The van der Waals surface area contributed by atoms with Crippen LogP contribution in [0.15, 0.2) is 34.8 Å². The molecule has 2 N–H and O–H groups in total. The van der Waals surface area contributed by atoms with Crippen molar-refractivity contribution in [3.05, 3.63) is 40.4 Å². The summed E-state index contributed by atoms with van der Waals surface area (Å²) in [7, 11) is 0. The van der Waals surface area contributed by atoms with E-state index < -0.39 is 24.5 Å². The molecule has 0 aromatic heterocycles. The Morgan fingerprint density at radius 2 is 2.09 bits per heavy atom. The number of hydrogen-bond donors (Lipinski definition) is 2. The number of ether oxygens (including phenoxy) is 1. The summed E-state index contributed by atoms with van der Waals surface area (Å²) >= 11 is 3.32. The zero-order valence-corrected chi connectivity index (χ0v) is 14.6. The van der Waals surface area contributed by atoms with Gasteiger partial charge in [0.2, 0.25) is 0 Å². The van der Waals surface area contributed by atoms with Crippen LogP contribution in [0, 0.1) is 0 Å². The highest BCUT2D eigenvalue weighted by Gasteiger charge is 2.11. The summed E-state index contributed by atoms with van der Waals surface area (Å²) in [6, 6.07) is 6.70. The second-order valence-corrected chi connectivity index (χ2v) is 5.74. The van der Waals surface area contributed by atoms with Crippen molar-refractivity contribution in [1.29, 1.82) is 0 Å². The van der Waals surface area contributed by atoms with E-state index in [2.05, 4.69) is 26.6 Å². The van der Waals surface area contributed by atoms with Crippen LogP contribution in [-0.2, 0) is 14.3 Å². The first kappa shape index (κ1) is 18.9. The minimum atomic E-state index is -0.685. The molecule has 6 nitrogen and oxygen atoms in total. The van der Waals surface area contributed by atoms with Gasteiger partial charge in [-0.3, -0.25) is 10.1 Å². The predicted octanol–water partition coefficient (Wildman–Crippen LogP) is 2.63. The monoisotopic (exact) mass is 382 g/mol. The third-order valence-corrected chi connectivity index (χ3v) is 3.34. The Labute approximate surface area is 143 Å². The van der Waals surface area contributed by atoms with Crippen molar-refractivity contribution in [3.8, 4) is 0 Å². The van der Waals surface area contributed by atoms with Gasteiger partial charge in [-0.2, -0.15) is 0 Å². The third kappa shape index (κ3) is 8.15. The molecule has 0 saturated carbocycles. The fraction of sp³-hybridized carbons (Fsp3) is 0.312. The fourth-order valence-electron chi connectivity index (χ4n) is 1.48. The van der Waals surface area contributed by atoms with Gasteiger partial charge in [-0.05, 0) is 37.1 Å². The lowest BCUT2D eigenvalue weighted by atomic mass is 10.2. The third-order valence-electron chi connectivity index (χ3n) is 2.85. The van der Waals surface area contributed by atoms with E-state index in [0.29, 0.717) is 0 Å². The van der Waals surface area contributed by atoms with Crippen molar-refractivity contribution in [1.82, 2.24) is 10.6 Å². The first-order valence-electron chi connectivity index (χ1n) is 7.11. The second-order valence-electron chi connectivity index (χ2n) is 4.83. The van der Waals surface area contributed by atoms with Crippen LogP contribution < -0.4 is 10.6 Å². The fourth-order valence-corrected chi connectivity index (χ4v) is 1.90. The molecule has 7 heteroatoms. The quantitative estimate of drug-likeness (QED) is 0.584. The Bertz CT molecular complexity index is 601. The minimum Gasteiger partial charge on any atom is -0.452 e. The number of benzene rings is 1. The lowest BCUT2D eigenvalue weighted by Gasteiger charge is -2.11. The number of urea groups is 1. The summed E-state index contributed by atoms with van der Waals surface area (Å²) in [5.74, 6) is -1.35. The molecule has 1 aromatic carbocycles. The van der Waals surface area contributed by atoms with Crippen LogP contribution in [0.1, 0.15) is 25.8 Å². The van der Waals surface area contributed by atoms with Gasteiger partial charge >= 0.3 is 12.0 Å². The number of carbonyl (C=O) groups is 3. The van der Waals surface area contributed by atoms with Crippen LogP contribution in [0.5, 0.6) is 0 Å². The highest BCUT2D eigenvalue weighted by atomic mass is 79.9. The molecule has 3 amide bonds. The van der Waals surface area contributed by atoms with Gasteiger partial charge < -0.3 is 10.1 Å².